The molecular weight excluding hydrogens is 244 g/mol. The zero-order chi connectivity index (χ0) is 13.4. The lowest BCUT2D eigenvalue weighted by atomic mass is 9.97. The molecule has 2 nitrogen and oxygen atoms in total. The molecule has 0 radical (unpaired) electrons. The average molecular weight is 270 g/mol. The Balaban J connectivity index is 1.32. The van der Waals surface area contributed by atoms with E-state index in [0.29, 0.717) is 0 Å². The topological polar surface area (TPSA) is 15.3 Å². The van der Waals surface area contributed by atoms with E-state index < -0.39 is 0 Å². The Morgan fingerprint density at radius 1 is 1.10 bits per heavy atom. The van der Waals surface area contributed by atoms with E-state index in [1.165, 1.54) is 57.2 Å². The molecule has 3 aliphatic rings. The molecule has 0 aromatic heterocycles. The van der Waals surface area contributed by atoms with Crippen molar-refractivity contribution in [2.24, 2.45) is 0 Å². The monoisotopic (exact) mass is 270 g/mol. The molecule has 4 rings (SSSR count). The predicted molar refractivity (Wildman–Crippen MR) is 82.9 cm³/mol. The van der Waals surface area contributed by atoms with Gasteiger partial charge in [-0.2, -0.15) is 0 Å². The van der Waals surface area contributed by atoms with E-state index in [4.69, 9.17) is 0 Å². The first-order valence-corrected chi connectivity index (χ1v) is 8.45. The van der Waals surface area contributed by atoms with E-state index >= 15 is 0 Å². The van der Waals surface area contributed by atoms with Gasteiger partial charge in [0.2, 0.25) is 0 Å². The number of nitrogens with zero attached hydrogens (tertiary/aromatic N) is 1. The standard InChI is InChI=1S/C18H26N2/c1-3-14(11-16(4-1)15-6-7-15)13-19-17-8-10-20-9-2-5-18(20)12-17/h1,3-4,11,15,17-19H,2,5-10,12-13H2. The van der Waals surface area contributed by atoms with E-state index in [1.807, 2.05) is 0 Å². The van der Waals surface area contributed by atoms with Crippen LogP contribution in [-0.2, 0) is 6.54 Å². The summed E-state index contributed by atoms with van der Waals surface area (Å²) in [6, 6.07) is 10.9. The summed E-state index contributed by atoms with van der Waals surface area (Å²) in [6.07, 6.45) is 8.34. The Hall–Kier alpha value is -0.860. The number of nitrogens with one attached hydrogen (secondary N) is 1. The maximum Gasteiger partial charge on any atom is 0.0208 e. The summed E-state index contributed by atoms with van der Waals surface area (Å²) < 4.78 is 0. The van der Waals surface area contributed by atoms with Crippen LogP contribution < -0.4 is 5.32 Å². The fourth-order valence-corrected chi connectivity index (χ4v) is 4.05. The molecule has 1 aromatic rings. The number of fused-ring (bicyclic) bond motifs is 1. The highest BCUT2D eigenvalue weighted by molar-refractivity contribution is 5.29. The summed E-state index contributed by atoms with van der Waals surface area (Å²) in [6.45, 7) is 3.71. The molecule has 3 fully saturated rings. The Morgan fingerprint density at radius 3 is 2.95 bits per heavy atom. The first-order chi connectivity index (χ1) is 9.88. The lowest BCUT2D eigenvalue weighted by Gasteiger charge is -2.35. The third kappa shape index (κ3) is 2.77. The van der Waals surface area contributed by atoms with Crippen molar-refractivity contribution in [1.29, 1.82) is 0 Å². The molecule has 1 N–H and O–H groups in total. The van der Waals surface area contributed by atoms with E-state index in [9.17, 15) is 0 Å². The highest BCUT2D eigenvalue weighted by Gasteiger charge is 2.31. The SMILES string of the molecule is c1cc(CNC2CCN3CCCC3C2)cc(C2CC2)c1. The average Bonchev–Trinajstić information content (AvgIpc) is 3.24. The van der Waals surface area contributed by atoms with Crippen LogP contribution in [0.1, 0.15) is 55.6 Å². The second-order valence-corrected chi connectivity index (χ2v) is 6.95. The molecule has 1 aromatic carbocycles. The van der Waals surface area contributed by atoms with E-state index in [0.717, 1.165) is 24.5 Å². The maximum absolute atomic E-state index is 3.81. The first kappa shape index (κ1) is 12.8. The molecule has 108 valence electrons. The molecule has 1 aliphatic carbocycles. The third-order valence-corrected chi connectivity index (χ3v) is 5.42. The molecular formula is C18H26N2. The van der Waals surface area contributed by atoms with E-state index in [2.05, 4.69) is 34.5 Å². The van der Waals surface area contributed by atoms with Crippen LogP contribution >= 0.6 is 0 Å². The maximum atomic E-state index is 3.81. The van der Waals surface area contributed by atoms with Crippen molar-refractivity contribution in [1.82, 2.24) is 10.2 Å². The molecule has 20 heavy (non-hydrogen) atoms. The molecule has 2 aliphatic heterocycles. The minimum atomic E-state index is 0.735. The molecule has 2 unspecified atom stereocenters. The van der Waals surface area contributed by atoms with Gasteiger partial charge in [0.25, 0.3) is 0 Å². The normalized spacial score (nSPS) is 30.4. The Morgan fingerprint density at radius 2 is 2.05 bits per heavy atom. The molecule has 0 bridgehead atoms. The van der Waals surface area contributed by atoms with Crippen molar-refractivity contribution in [3.8, 4) is 0 Å². The summed E-state index contributed by atoms with van der Waals surface area (Å²) in [7, 11) is 0. The molecule has 2 heteroatoms. The molecule has 0 amide bonds. The smallest absolute Gasteiger partial charge is 0.0208 e. The van der Waals surface area contributed by atoms with Crippen LogP contribution in [0.2, 0.25) is 0 Å². The van der Waals surface area contributed by atoms with Crippen molar-refractivity contribution in [2.45, 2.75) is 63.1 Å². The number of benzene rings is 1. The third-order valence-electron chi connectivity index (χ3n) is 5.42. The van der Waals surface area contributed by atoms with Gasteiger partial charge >= 0.3 is 0 Å². The van der Waals surface area contributed by atoms with Gasteiger partial charge in [0, 0.05) is 18.6 Å². The van der Waals surface area contributed by atoms with Crippen LogP contribution in [0, 0.1) is 0 Å². The van der Waals surface area contributed by atoms with Crippen molar-refractivity contribution in [3.63, 3.8) is 0 Å². The number of piperidine rings is 1. The highest BCUT2D eigenvalue weighted by atomic mass is 15.2. The molecule has 2 heterocycles. The minimum Gasteiger partial charge on any atom is -0.310 e. The second-order valence-electron chi connectivity index (χ2n) is 6.95. The lowest BCUT2D eigenvalue weighted by Crippen LogP contribution is -2.45. The van der Waals surface area contributed by atoms with Gasteiger partial charge in [0.15, 0.2) is 0 Å². The Labute approximate surface area is 122 Å². The van der Waals surface area contributed by atoms with Gasteiger partial charge in [-0.05, 0) is 68.7 Å². The van der Waals surface area contributed by atoms with Crippen LogP contribution in [0.3, 0.4) is 0 Å². The quantitative estimate of drug-likeness (QED) is 0.903. The Kier molecular flexibility index (Phi) is 3.53. The van der Waals surface area contributed by atoms with Gasteiger partial charge in [-0.15, -0.1) is 0 Å². The summed E-state index contributed by atoms with van der Waals surface area (Å²) in [5.41, 5.74) is 3.04. The minimum absolute atomic E-state index is 0.735. The van der Waals surface area contributed by atoms with Crippen LogP contribution in [-0.4, -0.2) is 30.1 Å². The fourth-order valence-electron chi connectivity index (χ4n) is 4.05. The van der Waals surface area contributed by atoms with Crippen LogP contribution in [0.5, 0.6) is 0 Å². The van der Waals surface area contributed by atoms with Gasteiger partial charge in [-0.3, -0.25) is 0 Å². The largest absolute Gasteiger partial charge is 0.310 e. The van der Waals surface area contributed by atoms with Crippen molar-refractivity contribution in [3.05, 3.63) is 35.4 Å². The van der Waals surface area contributed by atoms with Crippen molar-refractivity contribution < 1.29 is 0 Å². The van der Waals surface area contributed by atoms with Crippen LogP contribution in [0.25, 0.3) is 0 Å². The number of rotatable bonds is 4. The molecule has 2 saturated heterocycles. The van der Waals surface area contributed by atoms with Crippen LogP contribution in [0.4, 0.5) is 0 Å². The van der Waals surface area contributed by atoms with E-state index in [1.54, 1.807) is 5.56 Å². The number of hydrogen-bond donors (Lipinski definition) is 1. The fraction of sp³-hybridized carbons (Fsp3) is 0.667. The van der Waals surface area contributed by atoms with Gasteiger partial charge in [0.05, 0.1) is 0 Å². The highest BCUT2D eigenvalue weighted by Crippen LogP contribution is 2.40. The first-order valence-electron chi connectivity index (χ1n) is 8.45. The predicted octanol–water partition coefficient (Wildman–Crippen LogP) is 3.28. The summed E-state index contributed by atoms with van der Waals surface area (Å²) in [5.74, 6) is 0.872. The van der Waals surface area contributed by atoms with Crippen molar-refractivity contribution in [2.75, 3.05) is 13.1 Å². The molecule has 2 atom stereocenters. The van der Waals surface area contributed by atoms with Gasteiger partial charge in [-0.1, -0.05) is 24.3 Å². The molecule has 0 spiro atoms. The summed E-state index contributed by atoms with van der Waals surface area (Å²) in [5, 5.41) is 3.81. The zero-order valence-electron chi connectivity index (χ0n) is 12.4. The second kappa shape index (κ2) is 5.50. The van der Waals surface area contributed by atoms with Gasteiger partial charge < -0.3 is 10.2 Å². The number of hydrogen-bond acceptors (Lipinski definition) is 2. The summed E-state index contributed by atoms with van der Waals surface area (Å²) in [4.78, 5) is 2.70. The van der Waals surface area contributed by atoms with E-state index in [-0.39, 0.29) is 0 Å². The lowest BCUT2D eigenvalue weighted by molar-refractivity contribution is 0.166. The Bertz CT molecular complexity index is 466. The summed E-state index contributed by atoms with van der Waals surface area (Å²) >= 11 is 0. The van der Waals surface area contributed by atoms with Gasteiger partial charge in [-0.25, -0.2) is 0 Å². The zero-order valence-corrected chi connectivity index (χ0v) is 12.4. The van der Waals surface area contributed by atoms with Crippen LogP contribution in [0.15, 0.2) is 24.3 Å². The van der Waals surface area contributed by atoms with Gasteiger partial charge in [0.1, 0.15) is 0 Å². The van der Waals surface area contributed by atoms with Crippen molar-refractivity contribution >= 4 is 0 Å². The molecule has 1 saturated carbocycles.